The minimum atomic E-state index is -4.65. The number of alkyl halides is 3. The Bertz CT molecular complexity index is 854. The molecule has 0 radical (unpaired) electrons. The normalized spacial score (nSPS) is 14.0. The summed E-state index contributed by atoms with van der Waals surface area (Å²) in [5, 5.41) is 2.15. The lowest BCUT2D eigenvalue weighted by Gasteiger charge is -2.18. The number of halogens is 4. The third-order valence-corrected chi connectivity index (χ3v) is 3.84. The molecule has 3 rings (SSSR count). The zero-order valence-electron chi connectivity index (χ0n) is 14.1. The van der Waals surface area contributed by atoms with Gasteiger partial charge in [-0.3, -0.25) is 4.79 Å². The molecule has 5 nitrogen and oxygen atoms in total. The van der Waals surface area contributed by atoms with E-state index in [1.165, 1.54) is 6.07 Å². The van der Waals surface area contributed by atoms with Crippen LogP contribution in [0.3, 0.4) is 0 Å². The van der Waals surface area contributed by atoms with Gasteiger partial charge in [0.2, 0.25) is 6.79 Å². The minimum Gasteiger partial charge on any atom is -0.480 e. The third-order valence-electron chi connectivity index (χ3n) is 3.84. The van der Waals surface area contributed by atoms with Crippen LogP contribution in [0.5, 0.6) is 17.2 Å². The van der Waals surface area contributed by atoms with Gasteiger partial charge in [0.15, 0.2) is 17.6 Å². The topological polar surface area (TPSA) is 56.8 Å². The molecule has 0 aliphatic carbocycles. The molecule has 1 amide bonds. The summed E-state index contributed by atoms with van der Waals surface area (Å²) >= 11 is 0. The lowest BCUT2D eigenvalue weighted by Crippen LogP contribution is -2.32. The molecule has 1 unspecified atom stereocenters. The van der Waals surface area contributed by atoms with Gasteiger partial charge >= 0.3 is 6.18 Å². The van der Waals surface area contributed by atoms with E-state index in [2.05, 4.69) is 5.32 Å². The highest BCUT2D eigenvalue weighted by Gasteiger charge is 2.31. The Morgan fingerprint density at radius 1 is 1.19 bits per heavy atom. The van der Waals surface area contributed by atoms with E-state index >= 15 is 0 Å². The zero-order chi connectivity index (χ0) is 19.6. The molecule has 0 aromatic heterocycles. The smallest absolute Gasteiger partial charge is 0.416 e. The van der Waals surface area contributed by atoms with Crippen molar-refractivity contribution in [2.45, 2.75) is 25.6 Å². The van der Waals surface area contributed by atoms with Crippen LogP contribution in [0.1, 0.15) is 18.9 Å². The summed E-state index contributed by atoms with van der Waals surface area (Å²) < 4.78 is 68.1. The van der Waals surface area contributed by atoms with E-state index in [4.69, 9.17) is 14.2 Å². The second kappa shape index (κ2) is 7.34. The number of hydrogen-bond donors (Lipinski definition) is 1. The van der Waals surface area contributed by atoms with Gasteiger partial charge in [0.25, 0.3) is 5.91 Å². The first kappa shape index (κ1) is 18.8. The highest BCUT2D eigenvalue weighted by atomic mass is 19.4. The second-order valence-corrected chi connectivity index (χ2v) is 5.71. The maximum Gasteiger partial charge on any atom is 0.416 e. The summed E-state index contributed by atoms with van der Waals surface area (Å²) in [6.45, 7) is 1.73. The Kier molecular flexibility index (Phi) is 5.11. The van der Waals surface area contributed by atoms with Gasteiger partial charge in [0.05, 0.1) is 11.3 Å². The monoisotopic (exact) mass is 385 g/mol. The van der Waals surface area contributed by atoms with Gasteiger partial charge in [-0.05, 0) is 36.8 Å². The quantitative estimate of drug-likeness (QED) is 0.777. The van der Waals surface area contributed by atoms with E-state index in [1.807, 2.05) is 0 Å². The summed E-state index contributed by atoms with van der Waals surface area (Å²) in [6, 6.07) is 6.50. The SMILES string of the molecule is CCC(Oc1ccc2c(c1)OCO2)C(=O)Nc1cc(C(F)(F)F)ccc1F. The van der Waals surface area contributed by atoms with Crippen molar-refractivity contribution in [2.24, 2.45) is 0 Å². The average molecular weight is 385 g/mol. The van der Waals surface area contributed by atoms with Crippen LogP contribution in [-0.2, 0) is 11.0 Å². The molecule has 0 bridgehead atoms. The first-order chi connectivity index (χ1) is 12.8. The number of carbonyl (C=O) groups is 1. The van der Waals surface area contributed by atoms with Crippen LogP contribution >= 0.6 is 0 Å². The fraction of sp³-hybridized carbons (Fsp3) is 0.278. The Morgan fingerprint density at radius 3 is 2.63 bits per heavy atom. The van der Waals surface area contributed by atoms with Crippen LogP contribution in [0, 0.1) is 5.82 Å². The summed E-state index contributed by atoms with van der Waals surface area (Å²) in [5.41, 5.74) is -1.63. The van der Waals surface area contributed by atoms with E-state index in [9.17, 15) is 22.4 Å². The van der Waals surface area contributed by atoms with E-state index in [-0.39, 0.29) is 13.2 Å². The molecule has 2 aromatic carbocycles. The summed E-state index contributed by atoms with van der Waals surface area (Å²) in [4.78, 5) is 12.4. The molecule has 0 fully saturated rings. The number of anilines is 1. The fourth-order valence-corrected chi connectivity index (χ4v) is 2.45. The fourth-order valence-electron chi connectivity index (χ4n) is 2.45. The molecule has 1 atom stereocenters. The van der Waals surface area contributed by atoms with Crippen molar-refractivity contribution >= 4 is 11.6 Å². The summed E-state index contributed by atoms with van der Waals surface area (Å²) in [7, 11) is 0. The molecule has 27 heavy (non-hydrogen) atoms. The largest absolute Gasteiger partial charge is 0.480 e. The van der Waals surface area contributed by atoms with Gasteiger partial charge in [-0.25, -0.2) is 4.39 Å². The van der Waals surface area contributed by atoms with Crippen molar-refractivity contribution in [3.63, 3.8) is 0 Å². The highest BCUT2D eigenvalue weighted by molar-refractivity contribution is 5.94. The first-order valence-corrected chi connectivity index (χ1v) is 8.02. The first-order valence-electron chi connectivity index (χ1n) is 8.02. The number of rotatable bonds is 5. The van der Waals surface area contributed by atoms with Gasteiger partial charge in [0.1, 0.15) is 11.6 Å². The average Bonchev–Trinajstić information content (AvgIpc) is 3.08. The molecule has 144 valence electrons. The molecular weight excluding hydrogens is 370 g/mol. The molecule has 0 saturated heterocycles. The maximum absolute atomic E-state index is 13.8. The third kappa shape index (κ3) is 4.24. The lowest BCUT2D eigenvalue weighted by atomic mass is 10.1. The van der Waals surface area contributed by atoms with Crippen molar-refractivity contribution in [3.8, 4) is 17.2 Å². The van der Waals surface area contributed by atoms with Crippen LogP contribution in [0.2, 0.25) is 0 Å². The van der Waals surface area contributed by atoms with E-state index < -0.39 is 35.3 Å². The number of carbonyl (C=O) groups excluding carboxylic acids is 1. The van der Waals surface area contributed by atoms with Crippen LogP contribution in [0.4, 0.5) is 23.2 Å². The number of fused-ring (bicyclic) bond motifs is 1. The Balaban J connectivity index is 1.74. The van der Waals surface area contributed by atoms with Gasteiger partial charge in [-0.15, -0.1) is 0 Å². The van der Waals surface area contributed by atoms with Gasteiger partial charge < -0.3 is 19.5 Å². The Labute approximate surface area is 151 Å². The van der Waals surface area contributed by atoms with Crippen molar-refractivity contribution in [1.29, 1.82) is 0 Å². The van der Waals surface area contributed by atoms with E-state index in [1.54, 1.807) is 19.1 Å². The second-order valence-electron chi connectivity index (χ2n) is 5.71. The van der Waals surface area contributed by atoms with Crippen LogP contribution in [0.15, 0.2) is 36.4 Å². The van der Waals surface area contributed by atoms with Crippen molar-refractivity contribution in [3.05, 3.63) is 47.8 Å². The molecule has 0 spiro atoms. The molecular formula is C18H15F4NO4. The number of ether oxygens (including phenoxy) is 3. The van der Waals surface area contributed by atoms with E-state index in [0.717, 1.165) is 0 Å². The Hall–Kier alpha value is -2.97. The van der Waals surface area contributed by atoms with Crippen LogP contribution in [0.25, 0.3) is 0 Å². The maximum atomic E-state index is 13.8. The lowest BCUT2D eigenvalue weighted by molar-refractivity contribution is -0.137. The molecule has 2 aromatic rings. The van der Waals surface area contributed by atoms with Crippen molar-refractivity contribution in [1.82, 2.24) is 0 Å². The van der Waals surface area contributed by atoms with E-state index in [0.29, 0.717) is 35.4 Å². The highest BCUT2D eigenvalue weighted by Crippen LogP contribution is 2.36. The number of benzene rings is 2. The predicted octanol–water partition coefficient (Wildman–Crippen LogP) is 4.37. The minimum absolute atomic E-state index is 0.0747. The van der Waals surface area contributed by atoms with Crippen molar-refractivity contribution in [2.75, 3.05) is 12.1 Å². The standard InChI is InChI=1S/C18H15F4NO4/c1-2-14(27-11-4-6-15-16(8-11)26-9-25-15)17(24)23-13-7-10(18(20,21)22)3-5-12(13)19/h3-8,14H,2,9H2,1H3,(H,23,24). The number of amides is 1. The summed E-state index contributed by atoms with van der Waals surface area (Å²) in [5.74, 6) is -0.453. The molecule has 1 aliphatic heterocycles. The van der Waals surface area contributed by atoms with Gasteiger partial charge in [0, 0.05) is 6.07 Å². The van der Waals surface area contributed by atoms with Gasteiger partial charge in [-0.1, -0.05) is 6.92 Å². The number of hydrogen-bond acceptors (Lipinski definition) is 4. The Morgan fingerprint density at radius 2 is 1.93 bits per heavy atom. The van der Waals surface area contributed by atoms with Crippen molar-refractivity contribution < 1.29 is 36.6 Å². The molecule has 1 heterocycles. The molecule has 1 N–H and O–H groups in total. The summed E-state index contributed by atoms with van der Waals surface area (Å²) in [6.07, 6.45) is -5.49. The predicted molar refractivity (Wildman–Crippen MR) is 87.3 cm³/mol. The van der Waals surface area contributed by atoms with Crippen LogP contribution < -0.4 is 19.5 Å². The zero-order valence-corrected chi connectivity index (χ0v) is 14.1. The number of nitrogens with one attached hydrogen (secondary N) is 1. The van der Waals surface area contributed by atoms with Crippen LogP contribution in [-0.4, -0.2) is 18.8 Å². The molecule has 9 heteroatoms. The van der Waals surface area contributed by atoms with Gasteiger partial charge in [-0.2, -0.15) is 13.2 Å². The molecule has 1 aliphatic rings. The molecule has 0 saturated carbocycles.